The third-order valence-electron chi connectivity index (χ3n) is 5.26. The fourth-order valence-electron chi connectivity index (χ4n) is 3.60. The summed E-state index contributed by atoms with van der Waals surface area (Å²) in [7, 11) is 1.57. The molecule has 0 unspecified atom stereocenters. The molecule has 1 fully saturated rings. The average Bonchev–Trinajstić information content (AvgIpc) is 3.23. The second-order valence-corrected chi connectivity index (χ2v) is 7.68. The van der Waals surface area contributed by atoms with Crippen molar-refractivity contribution in [1.82, 2.24) is 25.0 Å². The first-order valence-electron chi connectivity index (χ1n) is 9.81. The van der Waals surface area contributed by atoms with Gasteiger partial charge in [0.2, 0.25) is 17.6 Å². The zero-order valence-electron chi connectivity index (χ0n) is 16.6. The van der Waals surface area contributed by atoms with Crippen molar-refractivity contribution in [2.45, 2.75) is 25.7 Å². The van der Waals surface area contributed by atoms with Crippen molar-refractivity contribution in [3.8, 4) is 17.3 Å². The van der Waals surface area contributed by atoms with Crippen LogP contribution in [0.5, 0.6) is 5.75 Å². The summed E-state index contributed by atoms with van der Waals surface area (Å²) in [5, 5.41) is 4.50. The van der Waals surface area contributed by atoms with E-state index in [1.54, 1.807) is 37.8 Å². The highest BCUT2D eigenvalue weighted by Crippen LogP contribution is 2.26. The van der Waals surface area contributed by atoms with Crippen LogP contribution in [0.15, 0.2) is 41.3 Å². The molecule has 8 nitrogen and oxygen atoms in total. The van der Waals surface area contributed by atoms with Gasteiger partial charge in [-0.2, -0.15) is 4.98 Å². The first-order chi connectivity index (χ1) is 14.6. The van der Waals surface area contributed by atoms with Crippen molar-refractivity contribution in [3.05, 3.63) is 53.3 Å². The van der Waals surface area contributed by atoms with Crippen LogP contribution in [0.1, 0.15) is 24.3 Å². The number of rotatable bonds is 6. The number of amides is 1. The van der Waals surface area contributed by atoms with Crippen LogP contribution in [0.3, 0.4) is 0 Å². The molecule has 0 atom stereocenters. The normalized spacial score (nSPS) is 14.7. The molecule has 0 bridgehead atoms. The number of halogens is 1. The van der Waals surface area contributed by atoms with Crippen LogP contribution in [0.25, 0.3) is 11.5 Å². The summed E-state index contributed by atoms with van der Waals surface area (Å²) >= 11 is 6.16. The molecule has 1 aliphatic heterocycles. The number of hydrogen-bond donors (Lipinski definition) is 0. The van der Waals surface area contributed by atoms with E-state index in [-0.39, 0.29) is 5.91 Å². The molecular weight excluding hydrogens is 406 g/mol. The summed E-state index contributed by atoms with van der Waals surface area (Å²) in [5.74, 6) is 2.16. The van der Waals surface area contributed by atoms with E-state index < -0.39 is 0 Å². The number of methoxy groups -OCH3 is 1. The number of likely N-dealkylation sites (tertiary alicyclic amines) is 1. The van der Waals surface area contributed by atoms with E-state index in [2.05, 4.69) is 20.1 Å². The Morgan fingerprint density at radius 2 is 2.13 bits per heavy atom. The Hall–Kier alpha value is -3.00. The third-order valence-corrected chi connectivity index (χ3v) is 5.56. The van der Waals surface area contributed by atoms with Crippen LogP contribution in [-0.2, 0) is 17.6 Å². The van der Waals surface area contributed by atoms with Crippen LogP contribution in [-0.4, -0.2) is 51.1 Å². The lowest BCUT2D eigenvalue weighted by Crippen LogP contribution is -2.39. The largest absolute Gasteiger partial charge is 0.495 e. The number of carbonyl (C=O) groups is 1. The molecule has 0 saturated carbocycles. The number of carbonyl (C=O) groups excluding carboxylic acids is 1. The highest BCUT2D eigenvalue weighted by molar-refractivity contribution is 6.32. The minimum absolute atomic E-state index is 0.109. The SMILES string of the molecule is COc1ccc(CC(=O)N2CCC(Cc3nc(-c4cnccn4)no3)CC2)cc1Cl. The van der Waals surface area contributed by atoms with Gasteiger partial charge in [-0.1, -0.05) is 22.8 Å². The summed E-state index contributed by atoms with van der Waals surface area (Å²) in [6, 6.07) is 5.45. The fourth-order valence-corrected chi connectivity index (χ4v) is 3.88. The number of piperidine rings is 1. The van der Waals surface area contributed by atoms with Crippen LogP contribution in [0, 0.1) is 5.92 Å². The van der Waals surface area contributed by atoms with Crippen molar-refractivity contribution in [3.63, 3.8) is 0 Å². The van der Waals surface area contributed by atoms with Gasteiger partial charge >= 0.3 is 0 Å². The molecule has 3 aromatic rings. The van der Waals surface area contributed by atoms with E-state index in [1.165, 1.54) is 0 Å². The standard InChI is InChI=1S/C21H22ClN5O3/c1-29-18-3-2-15(10-16(18)22)12-20(28)27-8-4-14(5-9-27)11-19-25-21(26-30-19)17-13-23-6-7-24-17/h2-3,6-7,10,13-14H,4-5,8-9,11-12H2,1H3. The van der Waals surface area contributed by atoms with E-state index in [0.29, 0.717) is 46.9 Å². The van der Waals surface area contributed by atoms with Crippen molar-refractivity contribution in [2.75, 3.05) is 20.2 Å². The summed E-state index contributed by atoms with van der Waals surface area (Å²) in [4.78, 5) is 27.2. The topological polar surface area (TPSA) is 94.2 Å². The molecule has 4 rings (SSSR count). The predicted molar refractivity (Wildman–Crippen MR) is 110 cm³/mol. The molecule has 0 radical (unpaired) electrons. The lowest BCUT2D eigenvalue weighted by Gasteiger charge is -2.31. The van der Waals surface area contributed by atoms with Gasteiger partial charge < -0.3 is 14.2 Å². The zero-order chi connectivity index (χ0) is 20.9. The van der Waals surface area contributed by atoms with Gasteiger partial charge in [-0.05, 0) is 36.5 Å². The van der Waals surface area contributed by atoms with Crippen LogP contribution >= 0.6 is 11.6 Å². The highest BCUT2D eigenvalue weighted by atomic mass is 35.5. The van der Waals surface area contributed by atoms with Crippen molar-refractivity contribution in [1.29, 1.82) is 0 Å². The molecule has 9 heteroatoms. The molecule has 1 amide bonds. The Balaban J connectivity index is 1.28. The summed E-state index contributed by atoms with van der Waals surface area (Å²) in [6.07, 6.45) is 7.63. The maximum atomic E-state index is 12.7. The van der Waals surface area contributed by atoms with Crippen molar-refractivity contribution in [2.24, 2.45) is 5.92 Å². The third kappa shape index (κ3) is 4.76. The molecule has 1 aromatic carbocycles. The first kappa shape index (κ1) is 20.3. The fraction of sp³-hybridized carbons (Fsp3) is 0.381. The van der Waals surface area contributed by atoms with Crippen LogP contribution in [0.2, 0.25) is 5.02 Å². The smallest absolute Gasteiger partial charge is 0.227 e. The molecule has 0 N–H and O–H groups in total. The second kappa shape index (κ2) is 9.21. The number of benzene rings is 1. The van der Waals surface area contributed by atoms with Crippen LogP contribution < -0.4 is 4.74 Å². The Morgan fingerprint density at radius 1 is 1.30 bits per heavy atom. The van der Waals surface area contributed by atoms with E-state index in [0.717, 1.165) is 31.5 Å². The lowest BCUT2D eigenvalue weighted by atomic mass is 9.93. The lowest BCUT2D eigenvalue weighted by molar-refractivity contribution is -0.131. The summed E-state index contributed by atoms with van der Waals surface area (Å²) in [5.41, 5.74) is 1.47. The molecule has 1 aliphatic rings. The number of ether oxygens (including phenoxy) is 1. The van der Waals surface area contributed by atoms with Crippen molar-refractivity contribution >= 4 is 17.5 Å². The maximum Gasteiger partial charge on any atom is 0.227 e. The number of hydrogen-bond acceptors (Lipinski definition) is 7. The Labute approximate surface area is 179 Å². The molecule has 156 valence electrons. The molecule has 3 heterocycles. The number of aromatic nitrogens is 4. The zero-order valence-corrected chi connectivity index (χ0v) is 17.4. The van der Waals surface area contributed by atoms with Gasteiger partial charge in [0, 0.05) is 31.9 Å². The number of nitrogens with zero attached hydrogens (tertiary/aromatic N) is 5. The van der Waals surface area contributed by atoms with Gasteiger partial charge in [-0.25, -0.2) is 4.98 Å². The van der Waals surface area contributed by atoms with Crippen molar-refractivity contribution < 1.29 is 14.1 Å². The van der Waals surface area contributed by atoms with E-state index in [9.17, 15) is 4.79 Å². The Morgan fingerprint density at radius 3 is 2.83 bits per heavy atom. The van der Waals surface area contributed by atoms with Gasteiger partial charge in [0.1, 0.15) is 11.4 Å². The average molecular weight is 428 g/mol. The second-order valence-electron chi connectivity index (χ2n) is 7.28. The quantitative estimate of drug-likeness (QED) is 0.596. The predicted octanol–water partition coefficient (Wildman–Crippen LogP) is 3.21. The van der Waals surface area contributed by atoms with E-state index >= 15 is 0 Å². The van der Waals surface area contributed by atoms with Gasteiger partial charge in [-0.3, -0.25) is 9.78 Å². The summed E-state index contributed by atoms with van der Waals surface area (Å²) in [6.45, 7) is 1.44. The Kier molecular flexibility index (Phi) is 6.23. The van der Waals surface area contributed by atoms with E-state index in [1.807, 2.05) is 11.0 Å². The molecule has 0 aliphatic carbocycles. The molecule has 1 saturated heterocycles. The first-order valence-corrected chi connectivity index (χ1v) is 10.2. The molecular formula is C21H22ClN5O3. The maximum absolute atomic E-state index is 12.7. The molecule has 30 heavy (non-hydrogen) atoms. The van der Waals surface area contributed by atoms with E-state index in [4.69, 9.17) is 20.9 Å². The molecule has 2 aromatic heterocycles. The summed E-state index contributed by atoms with van der Waals surface area (Å²) < 4.78 is 10.5. The monoisotopic (exact) mass is 427 g/mol. The van der Waals surface area contributed by atoms with Gasteiger partial charge in [0.05, 0.1) is 24.8 Å². The highest BCUT2D eigenvalue weighted by Gasteiger charge is 2.25. The van der Waals surface area contributed by atoms with Gasteiger partial charge in [0.25, 0.3) is 0 Å². The van der Waals surface area contributed by atoms with Gasteiger partial charge in [-0.15, -0.1) is 0 Å². The van der Waals surface area contributed by atoms with Crippen LogP contribution in [0.4, 0.5) is 0 Å². The minimum atomic E-state index is 0.109. The van der Waals surface area contributed by atoms with Gasteiger partial charge in [0.15, 0.2) is 0 Å². The molecule has 0 spiro atoms. The Bertz CT molecular complexity index is 1000. The minimum Gasteiger partial charge on any atom is -0.495 e.